The predicted octanol–water partition coefficient (Wildman–Crippen LogP) is 2.03. The maximum Gasteiger partial charge on any atom is 0.303 e. The fraction of sp³-hybridized carbons (Fsp3) is 0.533. The Hall–Kier alpha value is -1.40. The van der Waals surface area contributed by atoms with Crippen molar-refractivity contribution in [2.45, 2.75) is 43.4 Å². The largest absolute Gasteiger partial charge is 0.481 e. The molecule has 0 bridgehead atoms. The molecule has 5 nitrogen and oxygen atoms in total. The molecule has 0 fully saturated rings. The quantitative estimate of drug-likeness (QED) is 0.645. The Morgan fingerprint density at radius 2 is 1.62 bits per heavy atom. The standard InChI is InChI=1S/C15H22O5S/c16-11-3-1-2-4-12-21(19,20)14-8-5-13(6-9-14)7-10-15(17)18/h5-6,8-9,16H,1-4,7,10-12H2,(H,17,18). The van der Waals surface area contributed by atoms with Gasteiger partial charge in [-0.05, 0) is 37.0 Å². The molecule has 0 aliphatic rings. The van der Waals surface area contributed by atoms with Crippen LogP contribution in [0.2, 0.25) is 0 Å². The van der Waals surface area contributed by atoms with Crippen LogP contribution in [0, 0.1) is 0 Å². The summed E-state index contributed by atoms with van der Waals surface area (Å²) in [5.41, 5.74) is 0.819. The number of hydrogen-bond donors (Lipinski definition) is 2. The second-order valence-corrected chi connectivity index (χ2v) is 7.10. The molecule has 0 atom stereocenters. The van der Waals surface area contributed by atoms with Crippen LogP contribution < -0.4 is 0 Å². The number of aryl methyl sites for hydroxylation is 1. The van der Waals surface area contributed by atoms with Crippen LogP contribution in [0.3, 0.4) is 0 Å². The molecule has 2 N–H and O–H groups in total. The summed E-state index contributed by atoms with van der Waals surface area (Å²) in [6.45, 7) is 0.143. The lowest BCUT2D eigenvalue weighted by atomic mass is 10.1. The Balaban J connectivity index is 2.52. The van der Waals surface area contributed by atoms with Crippen LogP contribution in [-0.4, -0.2) is 37.0 Å². The molecule has 6 heteroatoms. The molecule has 0 spiro atoms. The molecule has 21 heavy (non-hydrogen) atoms. The van der Waals surface area contributed by atoms with Gasteiger partial charge >= 0.3 is 5.97 Å². The van der Waals surface area contributed by atoms with Gasteiger partial charge < -0.3 is 10.2 Å². The van der Waals surface area contributed by atoms with E-state index in [0.29, 0.717) is 19.3 Å². The lowest BCUT2D eigenvalue weighted by Crippen LogP contribution is -2.07. The van der Waals surface area contributed by atoms with Crippen molar-refractivity contribution < 1.29 is 23.4 Å². The summed E-state index contributed by atoms with van der Waals surface area (Å²) in [5, 5.41) is 17.3. The summed E-state index contributed by atoms with van der Waals surface area (Å²) in [4.78, 5) is 10.8. The third-order valence-electron chi connectivity index (χ3n) is 3.23. The van der Waals surface area contributed by atoms with E-state index < -0.39 is 15.8 Å². The molecule has 0 unspecified atom stereocenters. The zero-order valence-electron chi connectivity index (χ0n) is 12.0. The van der Waals surface area contributed by atoms with E-state index in [9.17, 15) is 13.2 Å². The Morgan fingerprint density at radius 3 is 2.19 bits per heavy atom. The second-order valence-electron chi connectivity index (χ2n) is 4.99. The third kappa shape index (κ3) is 6.73. The highest BCUT2D eigenvalue weighted by molar-refractivity contribution is 7.91. The van der Waals surface area contributed by atoms with E-state index in [-0.39, 0.29) is 23.7 Å². The van der Waals surface area contributed by atoms with Crippen molar-refractivity contribution in [1.82, 2.24) is 0 Å². The lowest BCUT2D eigenvalue weighted by Gasteiger charge is -2.06. The molecule has 0 heterocycles. The van der Waals surface area contributed by atoms with Gasteiger partial charge in [0.1, 0.15) is 0 Å². The minimum Gasteiger partial charge on any atom is -0.481 e. The van der Waals surface area contributed by atoms with Gasteiger partial charge in [0.2, 0.25) is 0 Å². The van der Waals surface area contributed by atoms with Gasteiger partial charge in [-0.3, -0.25) is 4.79 Å². The van der Waals surface area contributed by atoms with E-state index in [0.717, 1.165) is 18.4 Å². The van der Waals surface area contributed by atoms with E-state index in [4.69, 9.17) is 10.2 Å². The summed E-state index contributed by atoms with van der Waals surface area (Å²) >= 11 is 0. The fourth-order valence-electron chi connectivity index (χ4n) is 1.99. The lowest BCUT2D eigenvalue weighted by molar-refractivity contribution is -0.136. The number of carboxylic acid groups (broad SMARTS) is 1. The minimum atomic E-state index is -3.27. The van der Waals surface area contributed by atoms with Crippen molar-refractivity contribution in [2.75, 3.05) is 12.4 Å². The average Bonchev–Trinajstić information content (AvgIpc) is 2.45. The molecule has 0 radical (unpaired) electrons. The summed E-state index contributed by atoms with van der Waals surface area (Å²) in [6.07, 6.45) is 3.35. The second kappa shape index (κ2) is 8.79. The van der Waals surface area contributed by atoms with Crippen LogP contribution >= 0.6 is 0 Å². The van der Waals surface area contributed by atoms with Crippen molar-refractivity contribution in [3.63, 3.8) is 0 Å². The summed E-state index contributed by atoms with van der Waals surface area (Å²) in [5.74, 6) is -0.762. The van der Waals surface area contributed by atoms with Crippen LogP contribution in [0.1, 0.15) is 37.7 Å². The summed E-state index contributed by atoms with van der Waals surface area (Å²) in [6, 6.07) is 6.42. The number of carboxylic acids is 1. The topological polar surface area (TPSA) is 91.7 Å². The van der Waals surface area contributed by atoms with Gasteiger partial charge in [0, 0.05) is 13.0 Å². The Morgan fingerprint density at radius 1 is 1.00 bits per heavy atom. The van der Waals surface area contributed by atoms with E-state index in [1.807, 2.05) is 0 Å². The third-order valence-corrected chi connectivity index (χ3v) is 5.05. The van der Waals surface area contributed by atoms with Crippen molar-refractivity contribution in [3.05, 3.63) is 29.8 Å². The number of carbonyl (C=O) groups is 1. The van der Waals surface area contributed by atoms with Gasteiger partial charge in [-0.25, -0.2) is 8.42 Å². The molecule has 0 aliphatic heterocycles. The zero-order chi connectivity index (χ0) is 15.7. The van der Waals surface area contributed by atoms with Gasteiger partial charge in [0.05, 0.1) is 10.6 Å². The number of rotatable bonds is 10. The Bertz CT molecular complexity index is 534. The molecule has 0 saturated carbocycles. The highest BCUT2D eigenvalue weighted by Crippen LogP contribution is 2.15. The zero-order valence-corrected chi connectivity index (χ0v) is 12.8. The molecule has 0 amide bonds. The first-order valence-corrected chi connectivity index (χ1v) is 8.75. The smallest absolute Gasteiger partial charge is 0.303 e. The monoisotopic (exact) mass is 314 g/mol. The van der Waals surface area contributed by atoms with Gasteiger partial charge in [0.15, 0.2) is 9.84 Å². The maximum atomic E-state index is 12.1. The fourth-order valence-corrected chi connectivity index (χ4v) is 3.36. The van der Waals surface area contributed by atoms with Crippen LogP contribution in [0.25, 0.3) is 0 Å². The van der Waals surface area contributed by atoms with Crippen molar-refractivity contribution in [2.24, 2.45) is 0 Å². The van der Waals surface area contributed by atoms with Gasteiger partial charge in [-0.2, -0.15) is 0 Å². The molecule has 1 rings (SSSR count). The van der Waals surface area contributed by atoms with Crippen LogP contribution in [0.15, 0.2) is 29.2 Å². The number of sulfone groups is 1. The van der Waals surface area contributed by atoms with Gasteiger partial charge in [0.25, 0.3) is 0 Å². The van der Waals surface area contributed by atoms with E-state index in [1.54, 1.807) is 24.3 Å². The number of unbranched alkanes of at least 4 members (excludes halogenated alkanes) is 3. The predicted molar refractivity (Wildman–Crippen MR) is 80.0 cm³/mol. The first kappa shape index (κ1) is 17.7. The van der Waals surface area contributed by atoms with E-state index in [2.05, 4.69) is 0 Å². The number of aliphatic hydroxyl groups excluding tert-OH is 1. The average molecular weight is 314 g/mol. The molecule has 0 aliphatic carbocycles. The molecule has 0 saturated heterocycles. The van der Waals surface area contributed by atoms with Crippen LogP contribution in [0.4, 0.5) is 0 Å². The van der Waals surface area contributed by atoms with Gasteiger partial charge in [-0.15, -0.1) is 0 Å². The number of aliphatic carboxylic acids is 1. The van der Waals surface area contributed by atoms with Crippen LogP contribution in [-0.2, 0) is 21.1 Å². The number of aliphatic hydroxyl groups is 1. The van der Waals surface area contributed by atoms with Crippen molar-refractivity contribution in [1.29, 1.82) is 0 Å². The van der Waals surface area contributed by atoms with Crippen LogP contribution in [0.5, 0.6) is 0 Å². The molecule has 118 valence electrons. The minimum absolute atomic E-state index is 0.0386. The highest BCUT2D eigenvalue weighted by atomic mass is 32.2. The molecule has 1 aromatic rings. The molecule has 0 aromatic heterocycles. The van der Waals surface area contributed by atoms with Crippen molar-refractivity contribution in [3.8, 4) is 0 Å². The van der Waals surface area contributed by atoms with E-state index in [1.165, 1.54) is 0 Å². The van der Waals surface area contributed by atoms with E-state index >= 15 is 0 Å². The van der Waals surface area contributed by atoms with Gasteiger partial charge in [-0.1, -0.05) is 25.0 Å². The highest BCUT2D eigenvalue weighted by Gasteiger charge is 2.13. The normalized spacial score (nSPS) is 11.5. The number of hydrogen-bond acceptors (Lipinski definition) is 4. The number of benzene rings is 1. The molecule has 1 aromatic carbocycles. The Kier molecular flexibility index (Phi) is 7.39. The first-order valence-electron chi connectivity index (χ1n) is 7.10. The Labute approximate surface area is 125 Å². The first-order chi connectivity index (χ1) is 9.95. The molecular weight excluding hydrogens is 292 g/mol. The summed E-state index contributed by atoms with van der Waals surface area (Å²) < 4.78 is 24.2. The SMILES string of the molecule is O=C(O)CCc1ccc(S(=O)(=O)CCCCCCO)cc1. The maximum absolute atomic E-state index is 12.1. The van der Waals surface area contributed by atoms with Crippen molar-refractivity contribution >= 4 is 15.8 Å². The summed E-state index contributed by atoms with van der Waals surface area (Å²) in [7, 11) is -3.27. The molecular formula is C15H22O5S.